The van der Waals surface area contributed by atoms with E-state index in [1.807, 2.05) is 0 Å². The number of aliphatic carboxylic acids is 1. The first-order valence-electron chi connectivity index (χ1n) is 10.8. The van der Waals surface area contributed by atoms with E-state index in [0.717, 1.165) is 0 Å². The van der Waals surface area contributed by atoms with Crippen LogP contribution in [-0.2, 0) is 25.6 Å². The molecule has 12 nitrogen and oxygen atoms in total. The van der Waals surface area contributed by atoms with Crippen molar-refractivity contribution in [1.82, 2.24) is 25.5 Å². The smallest absolute Gasteiger partial charge is 0.326 e. The Balaban J connectivity index is 2.11. The summed E-state index contributed by atoms with van der Waals surface area (Å²) in [4.78, 5) is 58.1. The Bertz CT molecular complexity index is 783. The van der Waals surface area contributed by atoms with E-state index >= 15 is 0 Å². The Kier molecular flexibility index (Phi) is 9.60. The number of H-pyrrole nitrogens is 1. The maximum absolute atomic E-state index is 13.3. The number of nitrogens with two attached hydrogens (primary N) is 2. The number of amides is 3. The van der Waals surface area contributed by atoms with Gasteiger partial charge in [-0.1, -0.05) is 0 Å². The van der Waals surface area contributed by atoms with Crippen LogP contribution in [-0.4, -0.2) is 80.9 Å². The summed E-state index contributed by atoms with van der Waals surface area (Å²) in [5.74, 6) is -2.57. The number of carboxylic acids is 1. The van der Waals surface area contributed by atoms with Crippen LogP contribution in [0.5, 0.6) is 0 Å². The minimum absolute atomic E-state index is 0.152. The second-order valence-corrected chi connectivity index (χ2v) is 8.00. The van der Waals surface area contributed by atoms with E-state index in [-0.39, 0.29) is 12.8 Å². The molecule has 1 aromatic heterocycles. The van der Waals surface area contributed by atoms with Crippen LogP contribution >= 0.6 is 0 Å². The van der Waals surface area contributed by atoms with Gasteiger partial charge in [0.15, 0.2) is 0 Å². The number of carboxylic acid groups (broad SMARTS) is 1. The van der Waals surface area contributed by atoms with E-state index in [9.17, 15) is 24.3 Å². The number of aromatic amines is 1. The average molecular weight is 452 g/mol. The van der Waals surface area contributed by atoms with Gasteiger partial charge in [-0.15, -0.1) is 0 Å². The zero-order valence-electron chi connectivity index (χ0n) is 18.3. The van der Waals surface area contributed by atoms with Gasteiger partial charge in [-0.25, -0.2) is 9.78 Å². The fraction of sp³-hybridized carbons (Fsp3) is 0.650. The molecule has 0 bridgehead atoms. The van der Waals surface area contributed by atoms with Crippen LogP contribution in [0.2, 0.25) is 0 Å². The Morgan fingerprint density at radius 3 is 2.62 bits per heavy atom. The van der Waals surface area contributed by atoms with Crippen molar-refractivity contribution < 1.29 is 24.3 Å². The highest BCUT2D eigenvalue weighted by molar-refractivity contribution is 5.94. The van der Waals surface area contributed by atoms with E-state index in [4.69, 9.17) is 11.5 Å². The number of hydrogen-bond acceptors (Lipinski definition) is 7. The molecule has 1 aliphatic rings. The number of rotatable bonds is 12. The summed E-state index contributed by atoms with van der Waals surface area (Å²) < 4.78 is 0. The lowest BCUT2D eigenvalue weighted by atomic mass is 10.1. The van der Waals surface area contributed by atoms with E-state index in [1.165, 1.54) is 18.2 Å². The van der Waals surface area contributed by atoms with Crippen molar-refractivity contribution >= 4 is 23.7 Å². The van der Waals surface area contributed by atoms with Gasteiger partial charge in [-0.2, -0.15) is 0 Å². The van der Waals surface area contributed by atoms with Gasteiger partial charge in [0.1, 0.15) is 18.1 Å². The standard InChI is InChI=1S/C20H33N7O5/c1-12(22)17(28)26-15(9-13-10-23-11-24-13)19(30)27-8-4-6-16(27)18(29)25-14(20(31)32)5-2-3-7-21/h10-12,14-16H,2-9,21-22H2,1H3,(H,23,24)(H,25,29)(H,26,28)(H,31,32). The molecule has 1 aromatic rings. The first-order chi connectivity index (χ1) is 15.2. The van der Waals surface area contributed by atoms with Gasteiger partial charge in [0.2, 0.25) is 17.7 Å². The number of likely N-dealkylation sites (tertiary alicyclic amines) is 1. The number of imidazole rings is 1. The SMILES string of the molecule is CC(N)C(=O)NC(Cc1cnc[nH]1)C(=O)N1CCCC1C(=O)NC(CCCCN)C(=O)O. The molecule has 12 heteroatoms. The quantitative estimate of drug-likeness (QED) is 0.206. The van der Waals surface area contributed by atoms with Crippen LogP contribution in [0.4, 0.5) is 0 Å². The van der Waals surface area contributed by atoms with Gasteiger partial charge in [0, 0.05) is 24.9 Å². The third-order valence-electron chi connectivity index (χ3n) is 5.41. The fourth-order valence-electron chi connectivity index (χ4n) is 3.64. The largest absolute Gasteiger partial charge is 0.480 e. The molecule has 0 aliphatic carbocycles. The molecule has 1 fully saturated rings. The van der Waals surface area contributed by atoms with Gasteiger partial charge in [0.25, 0.3) is 0 Å². The molecular weight excluding hydrogens is 418 g/mol. The van der Waals surface area contributed by atoms with Crippen LogP contribution in [0.15, 0.2) is 12.5 Å². The summed E-state index contributed by atoms with van der Waals surface area (Å²) in [6, 6.07) is -3.61. The van der Waals surface area contributed by atoms with Gasteiger partial charge < -0.3 is 37.1 Å². The lowest BCUT2D eigenvalue weighted by molar-refractivity contribution is -0.145. The number of unbranched alkanes of at least 4 members (excludes halogenated alkanes) is 1. The lowest BCUT2D eigenvalue weighted by Crippen LogP contribution is -2.57. The van der Waals surface area contributed by atoms with E-state index in [1.54, 1.807) is 6.20 Å². The average Bonchev–Trinajstić information content (AvgIpc) is 3.43. The zero-order valence-corrected chi connectivity index (χ0v) is 18.3. The molecule has 1 aliphatic heterocycles. The monoisotopic (exact) mass is 451 g/mol. The molecule has 32 heavy (non-hydrogen) atoms. The first-order valence-corrected chi connectivity index (χ1v) is 10.8. The van der Waals surface area contributed by atoms with E-state index in [2.05, 4.69) is 20.6 Å². The molecule has 8 N–H and O–H groups in total. The van der Waals surface area contributed by atoms with Gasteiger partial charge >= 0.3 is 5.97 Å². The summed E-state index contributed by atoms with van der Waals surface area (Å²) in [7, 11) is 0. The number of nitrogens with zero attached hydrogens (tertiary/aromatic N) is 2. The van der Waals surface area contributed by atoms with Gasteiger partial charge in [0.05, 0.1) is 12.4 Å². The summed E-state index contributed by atoms with van der Waals surface area (Å²) in [5.41, 5.74) is 11.7. The fourth-order valence-corrected chi connectivity index (χ4v) is 3.64. The minimum atomic E-state index is -1.13. The van der Waals surface area contributed by atoms with Crippen LogP contribution in [0.3, 0.4) is 0 Å². The van der Waals surface area contributed by atoms with Gasteiger partial charge in [-0.3, -0.25) is 14.4 Å². The van der Waals surface area contributed by atoms with Crippen molar-refractivity contribution in [2.75, 3.05) is 13.1 Å². The van der Waals surface area contributed by atoms with E-state index < -0.39 is 47.9 Å². The summed E-state index contributed by atoms with van der Waals surface area (Å²) in [6.45, 7) is 2.28. The number of carbonyl (C=O) groups is 4. The van der Waals surface area contributed by atoms with Crippen molar-refractivity contribution in [3.05, 3.63) is 18.2 Å². The topological polar surface area (TPSA) is 197 Å². The Labute approximate surface area is 186 Å². The predicted molar refractivity (Wildman–Crippen MR) is 115 cm³/mol. The number of carbonyl (C=O) groups excluding carboxylic acids is 3. The highest BCUT2D eigenvalue weighted by Crippen LogP contribution is 2.20. The molecule has 0 saturated carbocycles. The summed E-state index contributed by atoms with van der Waals surface area (Å²) >= 11 is 0. The Hall–Kier alpha value is -2.99. The zero-order chi connectivity index (χ0) is 23.7. The predicted octanol–water partition coefficient (Wildman–Crippen LogP) is -1.53. The maximum atomic E-state index is 13.3. The molecule has 3 amide bonds. The second-order valence-electron chi connectivity index (χ2n) is 8.00. The highest BCUT2D eigenvalue weighted by Gasteiger charge is 2.39. The normalized spacial score (nSPS) is 18.6. The molecular formula is C20H33N7O5. The maximum Gasteiger partial charge on any atom is 0.326 e. The van der Waals surface area contributed by atoms with Crippen molar-refractivity contribution in [2.24, 2.45) is 11.5 Å². The van der Waals surface area contributed by atoms with Crippen LogP contribution < -0.4 is 22.1 Å². The molecule has 0 radical (unpaired) electrons. The van der Waals surface area contributed by atoms with Crippen molar-refractivity contribution in [2.45, 2.75) is 69.6 Å². The third-order valence-corrected chi connectivity index (χ3v) is 5.41. The Morgan fingerprint density at radius 1 is 1.28 bits per heavy atom. The number of nitrogens with one attached hydrogen (secondary N) is 3. The van der Waals surface area contributed by atoms with Crippen molar-refractivity contribution in [3.8, 4) is 0 Å². The summed E-state index contributed by atoms with van der Waals surface area (Å²) in [6.07, 6.45) is 5.64. The molecule has 2 heterocycles. The number of aromatic nitrogens is 2. The second kappa shape index (κ2) is 12.2. The molecule has 4 unspecified atom stereocenters. The van der Waals surface area contributed by atoms with Crippen LogP contribution in [0.25, 0.3) is 0 Å². The molecule has 4 atom stereocenters. The minimum Gasteiger partial charge on any atom is -0.480 e. The van der Waals surface area contributed by atoms with Crippen molar-refractivity contribution in [3.63, 3.8) is 0 Å². The van der Waals surface area contributed by atoms with Crippen molar-refractivity contribution in [1.29, 1.82) is 0 Å². The Morgan fingerprint density at radius 2 is 2.03 bits per heavy atom. The molecule has 2 rings (SSSR count). The molecule has 0 spiro atoms. The first kappa shape index (κ1) is 25.3. The third kappa shape index (κ3) is 7.02. The highest BCUT2D eigenvalue weighted by atomic mass is 16.4. The van der Waals surface area contributed by atoms with Crippen LogP contribution in [0.1, 0.15) is 44.7 Å². The number of hydrogen-bond donors (Lipinski definition) is 6. The molecule has 0 aromatic carbocycles. The molecule has 178 valence electrons. The molecule has 1 saturated heterocycles. The summed E-state index contributed by atoms with van der Waals surface area (Å²) in [5, 5.41) is 14.6. The van der Waals surface area contributed by atoms with Gasteiger partial charge in [-0.05, 0) is 45.6 Å². The van der Waals surface area contributed by atoms with E-state index in [0.29, 0.717) is 44.5 Å². The lowest BCUT2D eigenvalue weighted by Gasteiger charge is -2.29. The van der Waals surface area contributed by atoms with Crippen LogP contribution in [0, 0.1) is 0 Å².